The van der Waals surface area contributed by atoms with Gasteiger partial charge in [0.15, 0.2) is 0 Å². The molecule has 2 aliphatic rings. The van der Waals surface area contributed by atoms with E-state index in [0.717, 1.165) is 0 Å². The molecule has 0 fully saturated rings. The number of benzene rings is 4. The van der Waals surface area contributed by atoms with Crippen LogP contribution in [-0.4, -0.2) is 37.9 Å². The monoisotopic (exact) mass is 572 g/mol. The Balaban J connectivity index is 1.36. The van der Waals surface area contributed by atoms with Crippen molar-refractivity contribution >= 4 is 52.8 Å². The number of sulfone groups is 2. The molecule has 40 heavy (non-hydrogen) atoms. The van der Waals surface area contributed by atoms with Gasteiger partial charge in [-0.2, -0.15) is 0 Å². The topological polar surface area (TPSA) is 146 Å². The number of phenols is 2. The highest BCUT2D eigenvalue weighted by molar-refractivity contribution is 7.97. The maximum absolute atomic E-state index is 13.4. The summed E-state index contributed by atoms with van der Waals surface area (Å²) in [6, 6.07) is 14.5. The second-order valence-corrected chi connectivity index (χ2v) is 13.2. The number of phenolic OH excluding ortho intramolecular Hbond substituents is 2. The Hall–Kier alpha value is -4.67. The molecule has 0 atom stereocenters. The highest BCUT2D eigenvalue weighted by Crippen LogP contribution is 2.43. The Bertz CT molecular complexity index is 2180. The van der Waals surface area contributed by atoms with Gasteiger partial charge in [0.05, 0.1) is 9.79 Å². The number of aromatic hydroxyl groups is 2. The summed E-state index contributed by atoms with van der Waals surface area (Å²) in [6.45, 7) is 1.59. The van der Waals surface area contributed by atoms with E-state index in [1.54, 1.807) is 19.1 Å². The zero-order valence-corrected chi connectivity index (χ0v) is 22.4. The maximum Gasteiger partial charge on any atom is 0.211 e. The minimum absolute atomic E-state index is 0.0200. The first-order valence-electron chi connectivity index (χ1n) is 12.0. The third-order valence-electron chi connectivity index (χ3n) is 6.98. The van der Waals surface area contributed by atoms with E-state index in [1.165, 1.54) is 72.8 Å². The van der Waals surface area contributed by atoms with Gasteiger partial charge in [-0.25, -0.2) is 16.8 Å². The summed E-state index contributed by atoms with van der Waals surface area (Å²) < 4.78 is 53.3. The zero-order chi connectivity index (χ0) is 28.6. The quantitative estimate of drug-likeness (QED) is 0.216. The van der Waals surface area contributed by atoms with Crippen LogP contribution in [0, 0.1) is 0 Å². The second kappa shape index (κ2) is 8.67. The minimum Gasteiger partial charge on any atom is -0.508 e. The van der Waals surface area contributed by atoms with Gasteiger partial charge >= 0.3 is 0 Å². The van der Waals surface area contributed by atoms with Gasteiger partial charge < -0.3 is 15.3 Å². The number of allylic oxidation sites excluding steroid dienone is 6. The predicted octanol–water partition coefficient (Wildman–Crippen LogP) is 5.47. The van der Waals surface area contributed by atoms with Gasteiger partial charge in [-0.3, -0.25) is 4.79 Å². The van der Waals surface area contributed by atoms with Gasteiger partial charge in [0, 0.05) is 21.9 Å². The number of hydrogen-bond acceptors (Lipinski definition) is 8. The lowest BCUT2D eigenvalue weighted by Crippen LogP contribution is -2.02. The lowest BCUT2D eigenvalue weighted by atomic mass is 10.0. The van der Waals surface area contributed by atoms with Crippen molar-refractivity contribution in [2.75, 3.05) is 0 Å². The van der Waals surface area contributed by atoms with Crippen LogP contribution in [0.2, 0.25) is 0 Å². The third kappa shape index (κ3) is 3.68. The molecule has 0 aliphatic carbocycles. The van der Waals surface area contributed by atoms with Crippen molar-refractivity contribution in [1.82, 2.24) is 0 Å². The van der Waals surface area contributed by atoms with Crippen molar-refractivity contribution in [2.24, 2.45) is 0 Å². The number of carbonyl (C=O) groups excluding carboxylic acids is 1. The van der Waals surface area contributed by atoms with E-state index < -0.39 is 36.1 Å². The molecule has 4 aromatic carbocycles. The molecular weight excluding hydrogens is 552 g/mol. The van der Waals surface area contributed by atoms with Gasteiger partial charge in [-0.05, 0) is 78.4 Å². The predicted molar refractivity (Wildman–Crippen MR) is 150 cm³/mol. The molecule has 6 rings (SSSR count). The summed E-state index contributed by atoms with van der Waals surface area (Å²) in [7, 11) is -8.25. The Morgan fingerprint density at radius 1 is 0.725 bits per heavy atom. The smallest absolute Gasteiger partial charge is 0.211 e. The van der Waals surface area contributed by atoms with Crippen LogP contribution in [0.5, 0.6) is 11.5 Å². The molecule has 2 aliphatic heterocycles. The van der Waals surface area contributed by atoms with Crippen LogP contribution in [0.3, 0.4) is 0 Å². The number of aliphatic hydroxyl groups is 1. The summed E-state index contributed by atoms with van der Waals surface area (Å²) in [5.74, 6) is -1.14. The fraction of sp³-hybridized carbons (Fsp3) is 0.0333. The lowest BCUT2D eigenvalue weighted by Gasteiger charge is -2.06. The molecule has 0 bridgehead atoms. The average Bonchev–Trinajstić information content (AvgIpc) is 3.22. The normalized spacial score (nSPS) is 18.8. The van der Waals surface area contributed by atoms with E-state index in [4.69, 9.17) is 0 Å². The molecule has 200 valence electrons. The van der Waals surface area contributed by atoms with E-state index in [1.807, 2.05) is 0 Å². The number of Topliss-reactive ketones (excluding diaryl/α,β-unsaturated/α-hetero) is 1. The first-order valence-corrected chi connectivity index (χ1v) is 14.9. The standard InChI is InChI=1S/C30H20O8S2/c1-16(2-12-25-27(33)23-8-4-17-14-19(31)6-10-21(17)29(23)39(25,35)36)3-13-26-28(34)24-9-5-18-15-20(32)7-11-22(18)30(24)40(26,37)38/h2-15,31-33H,1H3/b12-2+,16-3+,26-13-. The fourth-order valence-electron chi connectivity index (χ4n) is 5.06. The van der Waals surface area contributed by atoms with Gasteiger partial charge in [-0.1, -0.05) is 29.9 Å². The molecule has 0 saturated carbocycles. The third-order valence-corrected chi connectivity index (χ3v) is 10.7. The van der Waals surface area contributed by atoms with Crippen molar-refractivity contribution < 1.29 is 36.9 Å². The number of ketones is 1. The second-order valence-electron chi connectivity index (χ2n) is 9.52. The van der Waals surface area contributed by atoms with Crippen LogP contribution in [0.15, 0.2) is 110 Å². The molecule has 10 heteroatoms. The highest BCUT2D eigenvalue weighted by atomic mass is 32.2. The van der Waals surface area contributed by atoms with Crippen molar-refractivity contribution in [3.05, 3.63) is 111 Å². The maximum atomic E-state index is 13.4. The molecule has 0 aromatic heterocycles. The van der Waals surface area contributed by atoms with Crippen LogP contribution in [0.25, 0.3) is 27.3 Å². The Morgan fingerprint density at radius 2 is 1.27 bits per heavy atom. The van der Waals surface area contributed by atoms with Crippen LogP contribution < -0.4 is 0 Å². The average molecular weight is 573 g/mol. The van der Waals surface area contributed by atoms with Gasteiger partial charge in [0.25, 0.3) is 0 Å². The number of carbonyl (C=O) groups is 1. The first kappa shape index (κ1) is 25.6. The van der Waals surface area contributed by atoms with Crippen molar-refractivity contribution in [3.63, 3.8) is 0 Å². The van der Waals surface area contributed by atoms with E-state index in [9.17, 15) is 36.9 Å². The van der Waals surface area contributed by atoms with Crippen molar-refractivity contribution in [2.45, 2.75) is 16.7 Å². The van der Waals surface area contributed by atoms with Gasteiger partial charge in [0.1, 0.15) is 27.1 Å². The number of aliphatic hydroxyl groups excluding tert-OH is 1. The lowest BCUT2D eigenvalue weighted by molar-refractivity contribution is 0.104. The molecule has 0 spiro atoms. The summed E-state index contributed by atoms with van der Waals surface area (Å²) in [4.78, 5) is 12.1. The molecule has 2 heterocycles. The van der Waals surface area contributed by atoms with Crippen LogP contribution >= 0.6 is 0 Å². The van der Waals surface area contributed by atoms with Crippen molar-refractivity contribution in [1.29, 1.82) is 0 Å². The van der Waals surface area contributed by atoms with E-state index in [-0.39, 0.29) is 37.3 Å². The van der Waals surface area contributed by atoms with E-state index in [2.05, 4.69) is 0 Å². The largest absolute Gasteiger partial charge is 0.508 e. The number of rotatable bonds is 3. The van der Waals surface area contributed by atoms with Crippen LogP contribution in [0.1, 0.15) is 22.8 Å². The van der Waals surface area contributed by atoms with Gasteiger partial charge in [-0.15, -0.1) is 0 Å². The van der Waals surface area contributed by atoms with E-state index >= 15 is 0 Å². The van der Waals surface area contributed by atoms with Gasteiger partial charge in [0.2, 0.25) is 25.5 Å². The molecule has 3 N–H and O–H groups in total. The zero-order valence-electron chi connectivity index (χ0n) is 20.8. The van der Waals surface area contributed by atoms with Crippen molar-refractivity contribution in [3.8, 4) is 11.5 Å². The first-order chi connectivity index (χ1) is 18.9. The number of fused-ring (bicyclic) bond motifs is 6. The SMILES string of the molecule is CC(/C=C/C1=C(O)c2ccc3cc(O)ccc3c2S1(=O)=O)=C\C=C1\C(=O)c2ccc3cc(O)ccc3c2S1(=O)=O. The molecular formula is C30H20O8S2. The number of hydrogen-bond donors (Lipinski definition) is 3. The molecule has 4 aromatic rings. The van der Waals surface area contributed by atoms with E-state index in [0.29, 0.717) is 27.1 Å². The van der Waals surface area contributed by atoms with Crippen LogP contribution in [0.4, 0.5) is 0 Å². The summed E-state index contributed by atoms with van der Waals surface area (Å²) in [6.07, 6.45) is 5.18. The summed E-state index contributed by atoms with van der Waals surface area (Å²) in [5, 5.41) is 31.9. The van der Waals surface area contributed by atoms with Crippen LogP contribution in [-0.2, 0) is 19.7 Å². The molecule has 0 radical (unpaired) electrons. The minimum atomic E-state index is -4.15. The Morgan fingerprint density at radius 3 is 1.88 bits per heavy atom. The Labute approximate surface area is 229 Å². The fourth-order valence-corrected chi connectivity index (χ4v) is 8.57. The molecule has 0 amide bonds. The molecule has 8 nitrogen and oxygen atoms in total. The molecule has 0 unspecified atom stereocenters. The summed E-state index contributed by atoms with van der Waals surface area (Å²) in [5.41, 5.74) is 0.599. The Kier molecular flexibility index (Phi) is 5.55. The molecule has 0 saturated heterocycles. The summed E-state index contributed by atoms with van der Waals surface area (Å²) >= 11 is 0. The highest BCUT2D eigenvalue weighted by Gasteiger charge is 2.40.